The minimum absolute atomic E-state index is 0.0111. The summed E-state index contributed by atoms with van der Waals surface area (Å²) in [5.74, 6) is 0.513. The summed E-state index contributed by atoms with van der Waals surface area (Å²) in [6.45, 7) is 2.96. The molecule has 0 bridgehead atoms. The van der Waals surface area contributed by atoms with E-state index >= 15 is 0 Å². The number of thiazole rings is 1. The first-order valence-corrected chi connectivity index (χ1v) is 6.49. The largest absolute Gasteiger partial charge is 0.395 e. The number of hydrogen-bond acceptors (Lipinski definition) is 4. The van der Waals surface area contributed by atoms with Crippen molar-refractivity contribution >= 4 is 17.2 Å². The summed E-state index contributed by atoms with van der Waals surface area (Å²) in [6.07, 6.45) is 2.30. The van der Waals surface area contributed by atoms with Crippen LogP contribution >= 0.6 is 11.3 Å². The zero-order chi connectivity index (χ0) is 11.5. The molecule has 1 aromatic heterocycles. The molecule has 1 aromatic rings. The maximum absolute atomic E-state index is 12.2. The van der Waals surface area contributed by atoms with E-state index in [0.29, 0.717) is 19.0 Å². The topological polar surface area (TPSA) is 53.4 Å². The normalized spacial score (nSPS) is 15.1. The Kier molecular flexibility index (Phi) is 3.56. The highest BCUT2D eigenvalue weighted by Crippen LogP contribution is 2.42. The van der Waals surface area contributed by atoms with Gasteiger partial charge in [-0.15, -0.1) is 11.3 Å². The van der Waals surface area contributed by atoms with Crippen molar-refractivity contribution in [2.75, 3.05) is 19.7 Å². The molecule has 1 aliphatic carbocycles. The maximum Gasteiger partial charge on any atom is 0.265 e. The summed E-state index contributed by atoms with van der Waals surface area (Å²) in [6, 6.07) is 0. The molecule has 0 aromatic carbocycles. The number of aromatic nitrogens is 1. The third-order valence-corrected chi connectivity index (χ3v) is 3.62. The Hall–Kier alpha value is -0.940. The molecule has 0 unspecified atom stereocenters. The number of hydrogen-bond donors (Lipinski definition) is 1. The fraction of sp³-hybridized carbons (Fsp3) is 0.636. The third-order valence-electron chi connectivity index (χ3n) is 2.79. The maximum atomic E-state index is 12.2. The Morgan fingerprint density at radius 1 is 1.69 bits per heavy atom. The number of carbonyl (C=O) groups is 1. The van der Waals surface area contributed by atoms with Gasteiger partial charge in [-0.05, 0) is 19.8 Å². The molecule has 1 fully saturated rings. The second-order valence-electron chi connectivity index (χ2n) is 3.95. The molecule has 1 saturated carbocycles. The molecule has 1 amide bonds. The van der Waals surface area contributed by atoms with Crippen LogP contribution in [-0.2, 0) is 0 Å². The Morgan fingerprint density at radius 2 is 2.44 bits per heavy atom. The molecular formula is C11H16N2O2S. The molecule has 4 nitrogen and oxygen atoms in total. The fourth-order valence-corrected chi connectivity index (χ4v) is 2.57. The Morgan fingerprint density at radius 3 is 3.00 bits per heavy atom. The first kappa shape index (κ1) is 11.5. The van der Waals surface area contributed by atoms with E-state index in [2.05, 4.69) is 4.98 Å². The van der Waals surface area contributed by atoms with Crippen molar-refractivity contribution in [1.82, 2.24) is 9.88 Å². The number of carbonyl (C=O) groups excluding carboxylic acids is 1. The zero-order valence-electron chi connectivity index (χ0n) is 9.35. The fourth-order valence-electron chi connectivity index (χ4n) is 1.73. The first-order valence-electron chi connectivity index (χ1n) is 5.61. The van der Waals surface area contributed by atoms with Crippen LogP contribution < -0.4 is 0 Å². The molecule has 1 N–H and O–H groups in total. The molecule has 0 spiro atoms. The van der Waals surface area contributed by atoms with Crippen LogP contribution in [0.4, 0.5) is 0 Å². The summed E-state index contributed by atoms with van der Waals surface area (Å²) in [7, 11) is 0. The van der Waals surface area contributed by atoms with Crippen LogP contribution in [0.2, 0.25) is 0 Å². The lowest BCUT2D eigenvalue weighted by atomic mass is 10.2. The van der Waals surface area contributed by atoms with E-state index in [1.807, 2.05) is 6.92 Å². The van der Waals surface area contributed by atoms with Crippen LogP contribution in [0.1, 0.15) is 41.0 Å². The van der Waals surface area contributed by atoms with E-state index in [4.69, 9.17) is 5.11 Å². The van der Waals surface area contributed by atoms with E-state index < -0.39 is 0 Å². The summed E-state index contributed by atoms with van der Waals surface area (Å²) in [5.41, 5.74) is 2.71. The molecule has 5 heteroatoms. The van der Waals surface area contributed by atoms with Gasteiger partial charge in [0.25, 0.3) is 5.91 Å². The minimum Gasteiger partial charge on any atom is -0.395 e. The quantitative estimate of drug-likeness (QED) is 0.848. The van der Waals surface area contributed by atoms with Gasteiger partial charge in [-0.25, -0.2) is 4.98 Å². The number of nitrogens with zero attached hydrogens (tertiary/aromatic N) is 2. The van der Waals surface area contributed by atoms with Crippen molar-refractivity contribution in [3.63, 3.8) is 0 Å². The van der Waals surface area contributed by atoms with Crippen LogP contribution in [-0.4, -0.2) is 40.6 Å². The SMILES string of the molecule is CCN(CCO)C(=O)c1scnc1C1CC1. The van der Waals surface area contributed by atoms with Crippen LogP contribution in [0.5, 0.6) is 0 Å². The van der Waals surface area contributed by atoms with Gasteiger partial charge in [0.2, 0.25) is 0 Å². The lowest BCUT2D eigenvalue weighted by molar-refractivity contribution is 0.0735. The zero-order valence-corrected chi connectivity index (χ0v) is 10.2. The van der Waals surface area contributed by atoms with Crippen molar-refractivity contribution in [1.29, 1.82) is 0 Å². The molecule has 88 valence electrons. The molecule has 0 radical (unpaired) electrons. The van der Waals surface area contributed by atoms with Crippen molar-refractivity contribution in [2.24, 2.45) is 0 Å². The van der Waals surface area contributed by atoms with Crippen molar-refractivity contribution in [2.45, 2.75) is 25.7 Å². The molecule has 16 heavy (non-hydrogen) atoms. The van der Waals surface area contributed by atoms with Crippen LogP contribution in [0.3, 0.4) is 0 Å². The van der Waals surface area contributed by atoms with Crippen molar-refractivity contribution in [3.8, 4) is 0 Å². The second kappa shape index (κ2) is 4.93. The van der Waals surface area contributed by atoms with Crippen LogP contribution in [0.25, 0.3) is 0 Å². The summed E-state index contributed by atoms with van der Waals surface area (Å²) < 4.78 is 0. The highest BCUT2D eigenvalue weighted by atomic mass is 32.1. The highest BCUT2D eigenvalue weighted by Gasteiger charge is 2.31. The van der Waals surface area contributed by atoms with Gasteiger partial charge in [0.1, 0.15) is 4.88 Å². The van der Waals surface area contributed by atoms with Crippen LogP contribution in [0, 0.1) is 0 Å². The second-order valence-corrected chi connectivity index (χ2v) is 4.80. The number of aliphatic hydroxyl groups is 1. The number of aliphatic hydroxyl groups excluding tert-OH is 1. The predicted molar refractivity (Wildman–Crippen MR) is 62.8 cm³/mol. The average Bonchev–Trinajstić information content (AvgIpc) is 3.03. The number of amides is 1. The molecular weight excluding hydrogens is 224 g/mol. The molecule has 1 aliphatic rings. The predicted octanol–water partition coefficient (Wildman–Crippen LogP) is 1.47. The number of rotatable bonds is 5. The van der Waals surface area contributed by atoms with Gasteiger partial charge >= 0.3 is 0 Å². The first-order chi connectivity index (χ1) is 7.77. The van der Waals surface area contributed by atoms with E-state index in [1.165, 1.54) is 11.3 Å². The van der Waals surface area contributed by atoms with Gasteiger partial charge in [-0.3, -0.25) is 4.79 Å². The molecule has 2 rings (SSSR count). The van der Waals surface area contributed by atoms with Gasteiger partial charge in [-0.2, -0.15) is 0 Å². The van der Waals surface area contributed by atoms with Gasteiger partial charge in [0, 0.05) is 19.0 Å². The molecule has 0 aliphatic heterocycles. The Bertz CT molecular complexity index is 374. The minimum atomic E-state index is 0.0111. The highest BCUT2D eigenvalue weighted by molar-refractivity contribution is 7.11. The molecule has 0 atom stereocenters. The average molecular weight is 240 g/mol. The monoisotopic (exact) mass is 240 g/mol. The van der Waals surface area contributed by atoms with Gasteiger partial charge in [0.15, 0.2) is 0 Å². The van der Waals surface area contributed by atoms with Gasteiger partial charge in [-0.1, -0.05) is 0 Å². The Balaban J connectivity index is 2.15. The van der Waals surface area contributed by atoms with Crippen molar-refractivity contribution < 1.29 is 9.90 Å². The summed E-state index contributed by atoms with van der Waals surface area (Å²) in [5, 5.41) is 8.90. The van der Waals surface area contributed by atoms with Crippen LogP contribution in [0.15, 0.2) is 5.51 Å². The molecule has 0 saturated heterocycles. The molecule has 1 heterocycles. The van der Waals surface area contributed by atoms with E-state index in [9.17, 15) is 4.79 Å². The van der Waals surface area contributed by atoms with E-state index in [-0.39, 0.29) is 12.5 Å². The lowest BCUT2D eigenvalue weighted by Gasteiger charge is -2.19. The summed E-state index contributed by atoms with van der Waals surface area (Å²) >= 11 is 1.41. The smallest absolute Gasteiger partial charge is 0.265 e. The third kappa shape index (κ3) is 2.25. The standard InChI is InChI=1S/C11H16N2O2S/c1-2-13(5-6-14)11(15)10-9(8-3-4-8)12-7-16-10/h7-8,14H,2-6H2,1H3. The van der Waals surface area contributed by atoms with Gasteiger partial charge in [0.05, 0.1) is 17.8 Å². The Labute approximate surface area is 98.9 Å². The lowest BCUT2D eigenvalue weighted by Crippen LogP contribution is -2.33. The van der Waals surface area contributed by atoms with Crippen molar-refractivity contribution in [3.05, 3.63) is 16.1 Å². The van der Waals surface area contributed by atoms with Gasteiger partial charge < -0.3 is 10.0 Å². The van der Waals surface area contributed by atoms with E-state index in [1.54, 1.807) is 10.4 Å². The van der Waals surface area contributed by atoms with E-state index in [0.717, 1.165) is 23.4 Å². The summed E-state index contributed by atoms with van der Waals surface area (Å²) in [4.78, 5) is 18.9. The number of likely N-dealkylation sites (N-methyl/N-ethyl adjacent to an activating group) is 1.